The molecule has 0 aromatic heterocycles. The Morgan fingerprint density at radius 1 is 1.12 bits per heavy atom. The first kappa shape index (κ1) is 26.2. The molecular weight excluding hydrogens is 436 g/mol. The molecule has 0 spiro atoms. The molecular formula is C22H35ClN4O5. The van der Waals surface area contributed by atoms with Crippen molar-refractivity contribution in [3.05, 3.63) is 23.8 Å². The van der Waals surface area contributed by atoms with Crippen molar-refractivity contribution in [3.63, 3.8) is 0 Å². The molecule has 2 fully saturated rings. The van der Waals surface area contributed by atoms with Crippen molar-refractivity contribution in [2.45, 2.75) is 63.6 Å². The van der Waals surface area contributed by atoms with Crippen molar-refractivity contribution < 1.29 is 24.6 Å². The van der Waals surface area contributed by atoms with E-state index in [2.05, 4.69) is 10.4 Å². The molecule has 180 valence electrons. The standard InChI is InChI=1S/C22H34N4O5.ClH/c23-21(29)9-8-19(24-31-15-16-6-7-18(27)14-20(16)28)22(30)26-12-10-25(11-13-26)17-4-2-1-3-5-17;/h6-7,14,17,19,24,27-28H,1-5,8-13,15H2,(H2,23,29);1H/t19-;/m0./s1. The molecule has 1 heterocycles. The summed E-state index contributed by atoms with van der Waals surface area (Å²) in [4.78, 5) is 34.1. The van der Waals surface area contributed by atoms with E-state index in [9.17, 15) is 19.8 Å². The van der Waals surface area contributed by atoms with Gasteiger partial charge >= 0.3 is 0 Å². The summed E-state index contributed by atoms with van der Waals surface area (Å²) in [7, 11) is 0. The van der Waals surface area contributed by atoms with Crippen LogP contribution in [0.3, 0.4) is 0 Å². The fourth-order valence-corrected chi connectivity index (χ4v) is 4.39. The summed E-state index contributed by atoms with van der Waals surface area (Å²) in [6.45, 7) is 3.04. The highest BCUT2D eigenvalue weighted by Crippen LogP contribution is 2.24. The molecule has 1 aliphatic carbocycles. The van der Waals surface area contributed by atoms with Gasteiger partial charge in [-0.3, -0.25) is 19.3 Å². The molecule has 1 saturated heterocycles. The van der Waals surface area contributed by atoms with E-state index in [1.807, 2.05) is 4.90 Å². The van der Waals surface area contributed by atoms with Crippen LogP contribution in [0.25, 0.3) is 0 Å². The van der Waals surface area contributed by atoms with Crippen molar-refractivity contribution in [1.82, 2.24) is 15.3 Å². The second-order valence-electron chi connectivity index (χ2n) is 8.43. The number of primary amides is 1. The summed E-state index contributed by atoms with van der Waals surface area (Å²) in [5.74, 6) is -0.728. The molecule has 1 aliphatic heterocycles. The van der Waals surface area contributed by atoms with Crippen LogP contribution in [0.15, 0.2) is 18.2 Å². The van der Waals surface area contributed by atoms with Gasteiger partial charge in [-0.1, -0.05) is 19.3 Å². The zero-order valence-electron chi connectivity index (χ0n) is 18.4. The molecule has 2 amide bonds. The molecule has 32 heavy (non-hydrogen) atoms. The Balaban J connectivity index is 0.00000363. The van der Waals surface area contributed by atoms with Crippen LogP contribution in [0.1, 0.15) is 50.5 Å². The molecule has 0 bridgehead atoms. The van der Waals surface area contributed by atoms with Crippen molar-refractivity contribution in [2.24, 2.45) is 5.73 Å². The Hall–Kier alpha value is -2.07. The summed E-state index contributed by atoms with van der Waals surface area (Å²) >= 11 is 0. The van der Waals surface area contributed by atoms with E-state index >= 15 is 0 Å². The van der Waals surface area contributed by atoms with Gasteiger partial charge in [-0.05, 0) is 31.4 Å². The summed E-state index contributed by atoms with van der Waals surface area (Å²) < 4.78 is 0. The van der Waals surface area contributed by atoms with Gasteiger partial charge in [0.2, 0.25) is 11.8 Å². The third-order valence-corrected chi connectivity index (χ3v) is 6.22. The lowest BCUT2D eigenvalue weighted by Gasteiger charge is -2.41. The lowest BCUT2D eigenvalue weighted by atomic mass is 9.94. The van der Waals surface area contributed by atoms with E-state index in [4.69, 9.17) is 10.6 Å². The molecule has 0 unspecified atom stereocenters. The van der Waals surface area contributed by atoms with Crippen LogP contribution in [-0.4, -0.2) is 70.1 Å². The lowest BCUT2D eigenvalue weighted by molar-refractivity contribution is -0.141. The summed E-state index contributed by atoms with van der Waals surface area (Å²) in [5, 5.41) is 19.2. The van der Waals surface area contributed by atoms with Gasteiger partial charge < -0.3 is 20.8 Å². The number of nitrogens with two attached hydrogens (primary N) is 1. The van der Waals surface area contributed by atoms with Gasteiger partial charge in [0.1, 0.15) is 17.5 Å². The first-order chi connectivity index (χ1) is 14.9. The number of benzene rings is 1. The molecule has 0 radical (unpaired) electrons. The quantitative estimate of drug-likeness (QED) is 0.404. The molecule has 2 aliphatic rings. The highest BCUT2D eigenvalue weighted by Gasteiger charge is 2.30. The number of amides is 2. The average Bonchev–Trinajstić information content (AvgIpc) is 2.77. The third kappa shape index (κ3) is 7.51. The maximum Gasteiger partial charge on any atom is 0.242 e. The number of nitrogens with one attached hydrogen (secondary N) is 1. The Labute approximate surface area is 195 Å². The number of phenolic OH excluding ortho intramolecular Hbond substituents is 2. The predicted octanol–water partition coefficient (Wildman–Crippen LogP) is 1.65. The minimum atomic E-state index is -0.701. The second kappa shape index (κ2) is 12.8. The van der Waals surface area contributed by atoms with Gasteiger partial charge in [0.25, 0.3) is 0 Å². The van der Waals surface area contributed by atoms with E-state index in [0.29, 0.717) is 24.7 Å². The van der Waals surface area contributed by atoms with E-state index in [1.54, 1.807) is 0 Å². The Kier molecular flexibility index (Phi) is 10.5. The Morgan fingerprint density at radius 3 is 2.44 bits per heavy atom. The van der Waals surface area contributed by atoms with Crippen LogP contribution in [0.5, 0.6) is 11.5 Å². The highest BCUT2D eigenvalue weighted by molar-refractivity contribution is 5.85. The van der Waals surface area contributed by atoms with E-state index in [1.165, 1.54) is 50.3 Å². The molecule has 5 N–H and O–H groups in total. The van der Waals surface area contributed by atoms with Crippen LogP contribution in [-0.2, 0) is 21.0 Å². The maximum absolute atomic E-state index is 13.1. The zero-order valence-corrected chi connectivity index (χ0v) is 19.2. The van der Waals surface area contributed by atoms with Gasteiger partial charge in [0.15, 0.2) is 0 Å². The molecule has 9 nitrogen and oxygen atoms in total. The van der Waals surface area contributed by atoms with Crippen molar-refractivity contribution >= 4 is 24.2 Å². The highest BCUT2D eigenvalue weighted by atomic mass is 35.5. The number of hydrogen-bond donors (Lipinski definition) is 4. The van der Waals surface area contributed by atoms with Crippen molar-refractivity contribution in [2.75, 3.05) is 26.2 Å². The van der Waals surface area contributed by atoms with Gasteiger partial charge in [-0.2, -0.15) is 5.48 Å². The SMILES string of the molecule is Cl.NC(=O)CC[C@H](NOCc1ccc(O)cc1O)C(=O)N1CCN(C2CCCCC2)CC1. The van der Waals surface area contributed by atoms with Gasteiger partial charge in [0.05, 0.1) is 6.61 Å². The topological polar surface area (TPSA) is 128 Å². The predicted molar refractivity (Wildman–Crippen MR) is 122 cm³/mol. The minimum absolute atomic E-state index is 0. The van der Waals surface area contributed by atoms with Crippen LogP contribution in [0.4, 0.5) is 0 Å². The minimum Gasteiger partial charge on any atom is -0.508 e. The Morgan fingerprint density at radius 2 is 1.81 bits per heavy atom. The fraction of sp³-hybridized carbons (Fsp3) is 0.636. The third-order valence-electron chi connectivity index (χ3n) is 6.22. The molecule has 1 saturated carbocycles. The van der Waals surface area contributed by atoms with Crippen molar-refractivity contribution in [1.29, 1.82) is 0 Å². The average molecular weight is 471 g/mol. The van der Waals surface area contributed by atoms with Gasteiger partial charge in [0, 0.05) is 50.3 Å². The molecule has 1 atom stereocenters. The molecule has 1 aromatic carbocycles. The summed E-state index contributed by atoms with van der Waals surface area (Å²) in [6.07, 6.45) is 6.69. The normalized spacial score (nSPS) is 18.7. The van der Waals surface area contributed by atoms with Crippen LogP contribution in [0.2, 0.25) is 0 Å². The van der Waals surface area contributed by atoms with E-state index in [-0.39, 0.29) is 49.3 Å². The molecule has 10 heteroatoms. The van der Waals surface area contributed by atoms with E-state index in [0.717, 1.165) is 13.1 Å². The largest absolute Gasteiger partial charge is 0.508 e. The van der Waals surface area contributed by atoms with Crippen LogP contribution >= 0.6 is 12.4 Å². The smallest absolute Gasteiger partial charge is 0.242 e. The van der Waals surface area contributed by atoms with Gasteiger partial charge in [-0.25, -0.2) is 0 Å². The van der Waals surface area contributed by atoms with Crippen LogP contribution < -0.4 is 11.2 Å². The monoisotopic (exact) mass is 470 g/mol. The maximum atomic E-state index is 13.1. The van der Waals surface area contributed by atoms with E-state index < -0.39 is 11.9 Å². The number of carbonyl (C=O) groups is 2. The number of hydroxylamine groups is 1. The first-order valence-corrected chi connectivity index (χ1v) is 11.1. The number of hydrogen-bond acceptors (Lipinski definition) is 7. The summed E-state index contributed by atoms with van der Waals surface area (Å²) in [5.41, 5.74) is 8.49. The number of aromatic hydroxyl groups is 2. The zero-order chi connectivity index (χ0) is 22.2. The number of phenols is 2. The molecule has 1 aromatic rings. The summed E-state index contributed by atoms with van der Waals surface area (Å²) in [6, 6.07) is 4.14. The number of halogens is 1. The van der Waals surface area contributed by atoms with Gasteiger partial charge in [-0.15, -0.1) is 12.4 Å². The second-order valence-corrected chi connectivity index (χ2v) is 8.43. The molecule has 3 rings (SSSR count). The van der Waals surface area contributed by atoms with Crippen LogP contribution in [0, 0.1) is 0 Å². The fourth-order valence-electron chi connectivity index (χ4n) is 4.39. The number of rotatable bonds is 9. The number of piperazine rings is 1. The number of nitrogens with zero attached hydrogens (tertiary/aromatic N) is 2. The Bertz CT molecular complexity index is 752. The first-order valence-electron chi connectivity index (χ1n) is 11.1. The lowest BCUT2D eigenvalue weighted by Crippen LogP contribution is -2.56. The number of carbonyl (C=O) groups excluding carboxylic acids is 2. The van der Waals surface area contributed by atoms with Crippen molar-refractivity contribution in [3.8, 4) is 11.5 Å².